The number of rotatable bonds is 4. The molecular formula is C21H22N4O2. The second-order valence-electron chi connectivity index (χ2n) is 6.81. The number of hydrogen-bond donors (Lipinski definition) is 1. The maximum absolute atomic E-state index is 12.7. The van der Waals surface area contributed by atoms with Gasteiger partial charge >= 0.3 is 0 Å². The van der Waals surface area contributed by atoms with Gasteiger partial charge in [-0.2, -0.15) is 4.98 Å². The molecule has 4 rings (SSSR count). The molecule has 2 aromatic carbocycles. The largest absolute Gasteiger partial charge is 0.339 e. The molecule has 1 unspecified atom stereocenters. The van der Waals surface area contributed by atoms with Gasteiger partial charge in [0, 0.05) is 30.8 Å². The Hall–Kier alpha value is -2.99. The Morgan fingerprint density at radius 2 is 1.93 bits per heavy atom. The summed E-state index contributed by atoms with van der Waals surface area (Å²) in [4.78, 5) is 19.2. The van der Waals surface area contributed by atoms with Crippen molar-refractivity contribution in [2.45, 2.75) is 25.3 Å². The number of nitrogens with two attached hydrogens (primary N) is 1. The molecule has 1 fully saturated rings. The number of benzene rings is 2. The van der Waals surface area contributed by atoms with Crippen molar-refractivity contribution in [2.75, 3.05) is 13.1 Å². The Bertz CT molecular complexity index is 905. The second kappa shape index (κ2) is 7.72. The van der Waals surface area contributed by atoms with Crippen molar-refractivity contribution >= 4 is 5.91 Å². The van der Waals surface area contributed by atoms with Gasteiger partial charge in [-0.05, 0) is 30.5 Å². The molecule has 138 valence electrons. The Morgan fingerprint density at radius 1 is 1.15 bits per heavy atom. The minimum absolute atomic E-state index is 0.0532. The van der Waals surface area contributed by atoms with E-state index in [9.17, 15) is 4.79 Å². The number of carbonyl (C=O) groups excluding carboxylic acids is 1. The highest BCUT2D eigenvalue weighted by Crippen LogP contribution is 2.28. The molecule has 1 aliphatic rings. The molecule has 2 N–H and O–H groups in total. The number of carbonyl (C=O) groups is 1. The smallest absolute Gasteiger partial charge is 0.253 e. The zero-order valence-electron chi connectivity index (χ0n) is 15.0. The predicted octanol–water partition coefficient (Wildman–Crippen LogP) is 3.22. The van der Waals surface area contributed by atoms with Gasteiger partial charge in [0.2, 0.25) is 11.7 Å². The van der Waals surface area contributed by atoms with Crippen LogP contribution in [0.15, 0.2) is 59.1 Å². The van der Waals surface area contributed by atoms with E-state index in [1.165, 1.54) is 0 Å². The van der Waals surface area contributed by atoms with E-state index in [0.29, 0.717) is 30.4 Å². The summed E-state index contributed by atoms with van der Waals surface area (Å²) in [5.41, 5.74) is 8.31. The van der Waals surface area contributed by atoms with Gasteiger partial charge < -0.3 is 15.2 Å². The molecule has 0 radical (unpaired) electrons. The van der Waals surface area contributed by atoms with Gasteiger partial charge in [0.05, 0.1) is 5.92 Å². The van der Waals surface area contributed by atoms with Crippen LogP contribution in [0.2, 0.25) is 0 Å². The quantitative estimate of drug-likeness (QED) is 0.770. The van der Waals surface area contributed by atoms with Crippen LogP contribution in [0.1, 0.15) is 40.6 Å². The Labute approximate surface area is 158 Å². The van der Waals surface area contributed by atoms with Crippen molar-refractivity contribution in [1.82, 2.24) is 15.0 Å². The summed E-state index contributed by atoms with van der Waals surface area (Å²) >= 11 is 0. The number of hydrogen-bond acceptors (Lipinski definition) is 5. The monoisotopic (exact) mass is 362 g/mol. The Balaban J connectivity index is 1.48. The highest BCUT2D eigenvalue weighted by atomic mass is 16.5. The molecule has 1 saturated heterocycles. The van der Waals surface area contributed by atoms with Crippen molar-refractivity contribution in [2.24, 2.45) is 5.73 Å². The first-order valence-corrected chi connectivity index (χ1v) is 9.22. The highest BCUT2D eigenvalue weighted by molar-refractivity contribution is 5.94. The molecule has 1 atom stereocenters. The second-order valence-corrected chi connectivity index (χ2v) is 6.81. The lowest BCUT2D eigenvalue weighted by Crippen LogP contribution is -2.39. The summed E-state index contributed by atoms with van der Waals surface area (Å²) in [6.07, 6.45) is 1.86. The number of likely N-dealkylation sites (tertiary alicyclic amines) is 1. The predicted molar refractivity (Wildman–Crippen MR) is 102 cm³/mol. The van der Waals surface area contributed by atoms with Crippen LogP contribution >= 0.6 is 0 Å². The van der Waals surface area contributed by atoms with E-state index in [0.717, 1.165) is 30.5 Å². The molecule has 3 aromatic rings. The molecule has 27 heavy (non-hydrogen) atoms. The van der Waals surface area contributed by atoms with E-state index in [1.54, 1.807) is 0 Å². The third kappa shape index (κ3) is 3.75. The first-order valence-electron chi connectivity index (χ1n) is 9.22. The topological polar surface area (TPSA) is 85.2 Å². The van der Waals surface area contributed by atoms with E-state index in [2.05, 4.69) is 10.1 Å². The van der Waals surface area contributed by atoms with Crippen LogP contribution < -0.4 is 5.73 Å². The van der Waals surface area contributed by atoms with Crippen molar-refractivity contribution in [3.63, 3.8) is 0 Å². The summed E-state index contributed by atoms with van der Waals surface area (Å²) in [5, 5.41) is 4.12. The molecule has 6 heteroatoms. The Kier molecular flexibility index (Phi) is 4.98. The molecule has 1 amide bonds. The molecule has 2 heterocycles. The van der Waals surface area contributed by atoms with Gasteiger partial charge in [0.25, 0.3) is 5.91 Å². The minimum atomic E-state index is 0.0532. The van der Waals surface area contributed by atoms with Crippen LogP contribution in [0, 0.1) is 0 Å². The van der Waals surface area contributed by atoms with Crippen LogP contribution in [0.4, 0.5) is 0 Å². The van der Waals surface area contributed by atoms with E-state index in [1.807, 2.05) is 59.5 Å². The SMILES string of the molecule is NCc1ccc(-c2noc(C3CCCN(C(=O)c4ccccc4)C3)n2)cc1. The summed E-state index contributed by atoms with van der Waals surface area (Å²) in [6, 6.07) is 17.2. The van der Waals surface area contributed by atoms with Crippen LogP contribution in [-0.2, 0) is 6.54 Å². The fourth-order valence-electron chi connectivity index (χ4n) is 3.43. The molecule has 0 spiro atoms. The molecule has 6 nitrogen and oxygen atoms in total. The van der Waals surface area contributed by atoms with Crippen molar-refractivity contribution in [1.29, 1.82) is 0 Å². The van der Waals surface area contributed by atoms with E-state index in [4.69, 9.17) is 10.3 Å². The summed E-state index contributed by atoms with van der Waals surface area (Å²) in [7, 11) is 0. The van der Waals surface area contributed by atoms with Gasteiger partial charge in [-0.25, -0.2) is 0 Å². The summed E-state index contributed by atoms with van der Waals surface area (Å²) in [5.74, 6) is 1.28. The lowest BCUT2D eigenvalue weighted by Gasteiger charge is -2.31. The zero-order chi connectivity index (χ0) is 18.6. The number of piperidine rings is 1. The third-order valence-corrected chi connectivity index (χ3v) is 4.97. The van der Waals surface area contributed by atoms with Crippen LogP contribution in [0.5, 0.6) is 0 Å². The van der Waals surface area contributed by atoms with Gasteiger partial charge in [-0.3, -0.25) is 4.79 Å². The summed E-state index contributed by atoms with van der Waals surface area (Å²) in [6.45, 7) is 1.86. The molecule has 1 aromatic heterocycles. The van der Waals surface area contributed by atoms with Crippen LogP contribution in [0.25, 0.3) is 11.4 Å². The van der Waals surface area contributed by atoms with Crippen molar-refractivity contribution in [3.8, 4) is 11.4 Å². The van der Waals surface area contributed by atoms with Crippen molar-refractivity contribution in [3.05, 3.63) is 71.6 Å². The first-order chi connectivity index (χ1) is 13.2. The van der Waals surface area contributed by atoms with Crippen LogP contribution in [-0.4, -0.2) is 34.0 Å². The molecular weight excluding hydrogens is 340 g/mol. The maximum atomic E-state index is 12.7. The average molecular weight is 362 g/mol. The normalized spacial score (nSPS) is 17.1. The molecule has 0 bridgehead atoms. The van der Waals surface area contributed by atoms with Gasteiger partial charge in [-0.1, -0.05) is 47.6 Å². The lowest BCUT2D eigenvalue weighted by molar-refractivity contribution is 0.0695. The lowest BCUT2D eigenvalue weighted by atomic mass is 9.97. The number of aromatic nitrogens is 2. The Morgan fingerprint density at radius 3 is 2.67 bits per heavy atom. The van der Waals surface area contributed by atoms with Crippen molar-refractivity contribution < 1.29 is 9.32 Å². The standard InChI is InChI=1S/C21H22N4O2/c22-13-15-8-10-16(11-9-15)19-23-20(27-24-19)18-7-4-12-25(14-18)21(26)17-5-2-1-3-6-17/h1-3,5-6,8-11,18H,4,7,12-14,22H2. The van der Waals surface area contributed by atoms with E-state index >= 15 is 0 Å². The molecule has 1 aliphatic heterocycles. The minimum Gasteiger partial charge on any atom is -0.339 e. The number of amides is 1. The highest BCUT2D eigenvalue weighted by Gasteiger charge is 2.29. The van der Waals surface area contributed by atoms with E-state index in [-0.39, 0.29) is 11.8 Å². The molecule has 0 saturated carbocycles. The zero-order valence-corrected chi connectivity index (χ0v) is 15.0. The first kappa shape index (κ1) is 17.4. The van der Waals surface area contributed by atoms with Gasteiger partial charge in [0.1, 0.15) is 0 Å². The van der Waals surface area contributed by atoms with Gasteiger partial charge in [-0.15, -0.1) is 0 Å². The van der Waals surface area contributed by atoms with E-state index < -0.39 is 0 Å². The summed E-state index contributed by atoms with van der Waals surface area (Å²) < 4.78 is 5.53. The maximum Gasteiger partial charge on any atom is 0.253 e. The van der Waals surface area contributed by atoms with Crippen LogP contribution in [0.3, 0.4) is 0 Å². The molecule has 0 aliphatic carbocycles. The van der Waals surface area contributed by atoms with Gasteiger partial charge in [0.15, 0.2) is 0 Å². The fraction of sp³-hybridized carbons (Fsp3) is 0.286. The average Bonchev–Trinajstić information content (AvgIpc) is 3.24. The number of nitrogens with zero attached hydrogens (tertiary/aromatic N) is 3. The fourth-order valence-corrected chi connectivity index (χ4v) is 3.43. The third-order valence-electron chi connectivity index (χ3n) is 4.97.